The van der Waals surface area contributed by atoms with E-state index in [1.54, 1.807) is 0 Å². The second-order valence-electron chi connectivity index (χ2n) is 8.47. The average molecular weight is 254 g/mol. The number of piperazine rings is 1. The number of rotatable bonds is 1. The zero-order valence-corrected chi connectivity index (χ0v) is 14.1. The van der Waals surface area contributed by atoms with Crippen molar-refractivity contribution in [2.24, 2.45) is 5.41 Å². The standard InChI is InChI=1S/C16H34N2/c1-13-12-17(16(8,9)14(2,3)4)10-11-18(13)15(5,6)7/h13H,10-12H2,1-9H3/t13-/m1/s1. The van der Waals surface area contributed by atoms with Gasteiger partial charge in [-0.1, -0.05) is 20.8 Å². The maximum absolute atomic E-state index is 2.68. The fourth-order valence-electron chi connectivity index (χ4n) is 2.94. The molecular weight excluding hydrogens is 220 g/mol. The van der Waals surface area contributed by atoms with Gasteiger partial charge in [-0.15, -0.1) is 0 Å². The Morgan fingerprint density at radius 1 is 0.833 bits per heavy atom. The molecule has 1 fully saturated rings. The van der Waals surface area contributed by atoms with Gasteiger partial charge in [0.05, 0.1) is 0 Å². The van der Waals surface area contributed by atoms with Gasteiger partial charge < -0.3 is 0 Å². The zero-order chi connectivity index (χ0) is 14.4. The molecule has 0 unspecified atom stereocenters. The Kier molecular flexibility index (Phi) is 4.25. The summed E-state index contributed by atoms with van der Waals surface area (Å²) in [5.74, 6) is 0. The molecule has 0 bridgehead atoms. The van der Waals surface area contributed by atoms with Gasteiger partial charge in [0.2, 0.25) is 0 Å². The molecule has 1 aliphatic rings. The van der Waals surface area contributed by atoms with Crippen molar-refractivity contribution < 1.29 is 0 Å². The summed E-state index contributed by atoms with van der Waals surface area (Å²) in [6.45, 7) is 24.8. The molecule has 2 heteroatoms. The van der Waals surface area contributed by atoms with E-state index in [4.69, 9.17) is 0 Å². The molecule has 0 saturated carbocycles. The summed E-state index contributed by atoms with van der Waals surface area (Å²) < 4.78 is 0. The van der Waals surface area contributed by atoms with E-state index in [0.717, 1.165) is 0 Å². The highest BCUT2D eigenvalue weighted by atomic mass is 15.3. The van der Waals surface area contributed by atoms with Crippen molar-refractivity contribution in [1.29, 1.82) is 0 Å². The maximum atomic E-state index is 2.68. The van der Waals surface area contributed by atoms with E-state index in [1.807, 2.05) is 0 Å². The van der Waals surface area contributed by atoms with Crippen molar-refractivity contribution in [1.82, 2.24) is 9.80 Å². The van der Waals surface area contributed by atoms with E-state index < -0.39 is 0 Å². The highest BCUT2D eigenvalue weighted by Crippen LogP contribution is 2.37. The summed E-state index contributed by atoms with van der Waals surface area (Å²) in [7, 11) is 0. The first kappa shape index (κ1) is 16.0. The van der Waals surface area contributed by atoms with E-state index in [0.29, 0.717) is 11.5 Å². The summed E-state index contributed by atoms with van der Waals surface area (Å²) in [6.07, 6.45) is 0. The van der Waals surface area contributed by atoms with Crippen molar-refractivity contribution in [3.05, 3.63) is 0 Å². The second-order valence-corrected chi connectivity index (χ2v) is 8.47. The Labute approximate surface area is 115 Å². The van der Waals surface area contributed by atoms with E-state index in [1.165, 1.54) is 19.6 Å². The van der Waals surface area contributed by atoms with Crippen molar-refractivity contribution in [3.8, 4) is 0 Å². The largest absolute Gasteiger partial charge is 0.295 e. The lowest BCUT2D eigenvalue weighted by Gasteiger charge is -2.55. The third-order valence-corrected chi connectivity index (χ3v) is 5.12. The number of nitrogens with zero attached hydrogens (tertiary/aromatic N) is 2. The van der Waals surface area contributed by atoms with Crippen LogP contribution < -0.4 is 0 Å². The summed E-state index contributed by atoms with van der Waals surface area (Å²) in [5, 5.41) is 0. The van der Waals surface area contributed by atoms with Crippen molar-refractivity contribution in [2.45, 2.75) is 79.4 Å². The summed E-state index contributed by atoms with van der Waals surface area (Å²) in [4.78, 5) is 5.32. The minimum absolute atomic E-state index is 0.255. The van der Waals surface area contributed by atoms with Gasteiger partial charge in [0, 0.05) is 36.8 Å². The van der Waals surface area contributed by atoms with E-state index in [9.17, 15) is 0 Å². The molecule has 18 heavy (non-hydrogen) atoms. The average Bonchev–Trinajstić information content (AvgIpc) is 2.13. The molecule has 1 atom stereocenters. The van der Waals surface area contributed by atoms with Crippen molar-refractivity contribution in [2.75, 3.05) is 19.6 Å². The van der Waals surface area contributed by atoms with Gasteiger partial charge in [-0.3, -0.25) is 9.80 Å². The molecule has 0 aromatic carbocycles. The number of hydrogen-bond donors (Lipinski definition) is 0. The van der Waals surface area contributed by atoms with Crippen LogP contribution in [0, 0.1) is 5.41 Å². The molecule has 1 heterocycles. The quantitative estimate of drug-likeness (QED) is 0.705. The Bertz CT molecular complexity index is 280. The molecule has 0 radical (unpaired) electrons. The molecule has 0 aromatic heterocycles. The maximum Gasteiger partial charge on any atom is 0.0202 e. The van der Waals surface area contributed by atoms with Crippen LogP contribution in [0.2, 0.25) is 0 Å². The van der Waals surface area contributed by atoms with Gasteiger partial charge in [0.1, 0.15) is 0 Å². The van der Waals surface area contributed by atoms with Crippen LogP contribution in [-0.4, -0.2) is 46.6 Å². The summed E-state index contributed by atoms with van der Waals surface area (Å²) >= 11 is 0. The first-order chi connectivity index (χ1) is 7.87. The van der Waals surface area contributed by atoms with Crippen molar-refractivity contribution >= 4 is 0 Å². The minimum atomic E-state index is 0.255. The molecule has 2 nitrogen and oxygen atoms in total. The molecule has 0 aliphatic carbocycles. The molecule has 1 rings (SSSR count). The van der Waals surface area contributed by atoms with Crippen LogP contribution in [0.25, 0.3) is 0 Å². The summed E-state index contributed by atoms with van der Waals surface area (Å²) in [5.41, 5.74) is 0.860. The lowest BCUT2D eigenvalue weighted by Crippen LogP contribution is -2.64. The van der Waals surface area contributed by atoms with Gasteiger partial charge in [-0.05, 0) is 47.0 Å². The zero-order valence-electron chi connectivity index (χ0n) is 14.1. The molecule has 0 aromatic rings. The Morgan fingerprint density at radius 2 is 1.33 bits per heavy atom. The third kappa shape index (κ3) is 3.08. The van der Waals surface area contributed by atoms with Crippen LogP contribution in [0.15, 0.2) is 0 Å². The molecule has 108 valence electrons. The number of hydrogen-bond acceptors (Lipinski definition) is 2. The van der Waals surface area contributed by atoms with Crippen LogP contribution in [0.5, 0.6) is 0 Å². The van der Waals surface area contributed by atoms with Crippen molar-refractivity contribution in [3.63, 3.8) is 0 Å². The van der Waals surface area contributed by atoms with Crippen LogP contribution >= 0.6 is 0 Å². The van der Waals surface area contributed by atoms with Gasteiger partial charge in [0.15, 0.2) is 0 Å². The third-order valence-electron chi connectivity index (χ3n) is 5.12. The van der Waals surface area contributed by atoms with E-state index in [2.05, 4.69) is 72.1 Å². The fourth-order valence-corrected chi connectivity index (χ4v) is 2.94. The SMILES string of the molecule is C[C@@H]1CN(C(C)(C)C(C)(C)C)CCN1C(C)(C)C. The molecule has 0 amide bonds. The predicted octanol–water partition coefficient (Wildman–Crippen LogP) is 3.62. The molecular formula is C16H34N2. The minimum Gasteiger partial charge on any atom is -0.295 e. The Morgan fingerprint density at radius 3 is 1.67 bits per heavy atom. The second kappa shape index (κ2) is 4.79. The van der Waals surface area contributed by atoms with Crippen LogP contribution in [-0.2, 0) is 0 Å². The lowest BCUT2D eigenvalue weighted by molar-refractivity contribution is -0.0553. The summed E-state index contributed by atoms with van der Waals surface area (Å²) in [6, 6.07) is 0.639. The van der Waals surface area contributed by atoms with Crippen LogP contribution in [0.1, 0.15) is 62.3 Å². The normalized spacial score (nSPS) is 25.5. The van der Waals surface area contributed by atoms with Gasteiger partial charge in [-0.25, -0.2) is 0 Å². The Hall–Kier alpha value is -0.0800. The Balaban J connectivity index is 2.78. The van der Waals surface area contributed by atoms with Gasteiger partial charge in [0.25, 0.3) is 0 Å². The molecule has 1 saturated heterocycles. The lowest BCUT2D eigenvalue weighted by atomic mass is 9.74. The van der Waals surface area contributed by atoms with E-state index >= 15 is 0 Å². The topological polar surface area (TPSA) is 6.48 Å². The van der Waals surface area contributed by atoms with Crippen LogP contribution in [0.4, 0.5) is 0 Å². The van der Waals surface area contributed by atoms with Crippen LogP contribution in [0.3, 0.4) is 0 Å². The first-order valence-electron chi connectivity index (χ1n) is 7.39. The van der Waals surface area contributed by atoms with Gasteiger partial charge >= 0.3 is 0 Å². The van der Waals surface area contributed by atoms with Gasteiger partial charge in [-0.2, -0.15) is 0 Å². The van der Waals surface area contributed by atoms with E-state index in [-0.39, 0.29) is 11.1 Å². The smallest absolute Gasteiger partial charge is 0.0202 e. The first-order valence-corrected chi connectivity index (χ1v) is 7.39. The predicted molar refractivity (Wildman–Crippen MR) is 81.0 cm³/mol. The monoisotopic (exact) mass is 254 g/mol. The molecule has 0 spiro atoms. The molecule has 0 N–H and O–H groups in total. The fraction of sp³-hybridized carbons (Fsp3) is 1.00. The highest BCUT2D eigenvalue weighted by molar-refractivity contribution is 4.97. The molecule has 1 aliphatic heterocycles. The highest BCUT2D eigenvalue weighted by Gasteiger charge is 2.42.